The van der Waals surface area contributed by atoms with E-state index in [9.17, 15) is 21.2 Å². The van der Waals surface area contributed by atoms with Gasteiger partial charge in [-0.3, -0.25) is 9.03 Å². The molecular formula is C16H16ClFN2O5S2. The minimum atomic E-state index is -4.10. The summed E-state index contributed by atoms with van der Waals surface area (Å²) in [5.74, 6) is -0.896. The highest BCUT2D eigenvalue weighted by molar-refractivity contribution is 7.93. The number of hydrogen-bond donors (Lipinski definition) is 1. The number of anilines is 2. The lowest BCUT2D eigenvalue weighted by Gasteiger charge is -2.19. The van der Waals surface area contributed by atoms with Crippen LogP contribution in [0.2, 0.25) is 5.02 Å². The SMILES string of the molecule is COc1ccc(S(=O)(=O)Nc2ccc(Cl)c(N3CCCS3(=O)=O)c2)cc1F. The molecule has 2 aromatic carbocycles. The Balaban J connectivity index is 1.94. The predicted molar refractivity (Wildman–Crippen MR) is 101 cm³/mol. The molecule has 1 heterocycles. The van der Waals surface area contributed by atoms with Crippen LogP contribution in [-0.2, 0) is 20.0 Å². The summed E-state index contributed by atoms with van der Waals surface area (Å²) in [7, 11) is -6.31. The molecule has 146 valence electrons. The lowest BCUT2D eigenvalue weighted by atomic mass is 10.3. The zero-order valence-corrected chi connectivity index (χ0v) is 16.5. The van der Waals surface area contributed by atoms with Crippen molar-refractivity contribution in [1.82, 2.24) is 0 Å². The molecule has 0 saturated carbocycles. The van der Waals surface area contributed by atoms with E-state index in [2.05, 4.69) is 4.72 Å². The quantitative estimate of drug-likeness (QED) is 0.781. The first-order valence-electron chi connectivity index (χ1n) is 7.80. The highest BCUT2D eigenvalue weighted by Gasteiger charge is 2.30. The van der Waals surface area contributed by atoms with Crippen LogP contribution in [0.4, 0.5) is 15.8 Å². The second-order valence-electron chi connectivity index (χ2n) is 5.81. The van der Waals surface area contributed by atoms with Crippen molar-refractivity contribution in [1.29, 1.82) is 0 Å². The van der Waals surface area contributed by atoms with Gasteiger partial charge in [-0.05, 0) is 42.8 Å². The van der Waals surface area contributed by atoms with Crippen LogP contribution in [0, 0.1) is 5.82 Å². The molecule has 0 amide bonds. The van der Waals surface area contributed by atoms with Gasteiger partial charge in [0.05, 0.1) is 34.2 Å². The summed E-state index contributed by atoms with van der Waals surface area (Å²) >= 11 is 6.10. The van der Waals surface area contributed by atoms with Crippen LogP contribution < -0.4 is 13.8 Å². The highest BCUT2D eigenvalue weighted by Crippen LogP contribution is 2.34. The Morgan fingerprint density at radius 1 is 1.22 bits per heavy atom. The molecule has 0 spiro atoms. The maximum Gasteiger partial charge on any atom is 0.262 e. The first-order valence-corrected chi connectivity index (χ1v) is 11.3. The summed E-state index contributed by atoms with van der Waals surface area (Å²) in [6.07, 6.45) is 0.458. The standard InChI is InChI=1S/C16H16ClFN2O5S2/c1-25-16-6-4-12(10-14(16)18)27(23,24)19-11-3-5-13(17)15(9-11)20-7-2-8-26(20,21)22/h3-6,9-10,19H,2,7-8H2,1H3. The first kappa shape index (κ1) is 19.7. The van der Waals surface area contributed by atoms with Crippen LogP contribution in [0.15, 0.2) is 41.3 Å². The van der Waals surface area contributed by atoms with Crippen LogP contribution >= 0.6 is 11.6 Å². The average Bonchev–Trinajstić information content (AvgIpc) is 2.95. The van der Waals surface area contributed by atoms with Crippen LogP contribution in [0.25, 0.3) is 0 Å². The molecule has 0 bridgehead atoms. The zero-order chi connectivity index (χ0) is 19.8. The molecule has 3 rings (SSSR count). The van der Waals surface area contributed by atoms with Gasteiger partial charge in [-0.2, -0.15) is 0 Å². The third-order valence-corrected chi connectivity index (χ3v) is 7.55. The molecule has 0 aliphatic carbocycles. The van der Waals surface area contributed by atoms with Crippen LogP contribution in [-0.4, -0.2) is 36.2 Å². The second-order valence-corrected chi connectivity index (χ2v) is 9.91. The van der Waals surface area contributed by atoms with Crippen LogP contribution in [0.1, 0.15) is 6.42 Å². The molecule has 0 unspecified atom stereocenters. The molecule has 1 N–H and O–H groups in total. The predicted octanol–water partition coefficient (Wildman–Crippen LogP) is 2.83. The number of rotatable bonds is 5. The van der Waals surface area contributed by atoms with Crippen molar-refractivity contribution in [3.8, 4) is 5.75 Å². The summed E-state index contributed by atoms with van der Waals surface area (Å²) in [5, 5.41) is 0.180. The molecule has 2 aromatic rings. The molecule has 11 heteroatoms. The lowest BCUT2D eigenvalue weighted by molar-refractivity contribution is 0.385. The zero-order valence-electron chi connectivity index (χ0n) is 14.1. The number of benzene rings is 2. The fraction of sp³-hybridized carbons (Fsp3) is 0.250. The molecule has 0 aromatic heterocycles. The van der Waals surface area contributed by atoms with Crippen LogP contribution in [0.5, 0.6) is 5.75 Å². The van der Waals surface area contributed by atoms with Gasteiger partial charge in [0.15, 0.2) is 11.6 Å². The Labute approximate surface area is 161 Å². The van der Waals surface area contributed by atoms with Crippen molar-refractivity contribution in [2.45, 2.75) is 11.3 Å². The molecule has 1 aliphatic heterocycles. The number of sulfonamides is 2. The van der Waals surface area contributed by atoms with E-state index in [-0.39, 0.29) is 39.3 Å². The van der Waals surface area contributed by atoms with Crippen molar-refractivity contribution >= 4 is 43.0 Å². The Kier molecular flexibility index (Phi) is 5.24. The Morgan fingerprint density at radius 2 is 1.96 bits per heavy atom. The first-order chi connectivity index (χ1) is 12.6. The smallest absolute Gasteiger partial charge is 0.262 e. The monoisotopic (exact) mass is 434 g/mol. The van der Waals surface area contributed by atoms with Gasteiger partial charge in [-0.15, -0.1) is 0 Å². The van der Waals surface area contributed by atoms with Crippen LogP contribution in [0.3, 0.4) is 0 Å². The van der Waals surface area contributed by atoms with Gasteiger partial charge in [0.2, 0.25) is 10.0 Å². The molecule has 1 saturated heterocycles. The Hall–Kier alpha value is -2.04. The van der Waals surface area contributed by atoms with Gasteiger partial charge in [-0.25, -0.2) is 21.2 Å². The van der Waals surface area contributed by atoms with Gasteiger partial charge in [-0.1, -0.05) is 11.6 Å². The third kappa shape index (κ3) is 3.97. The number of hydrogen-bond acceptors (Lipinski definition) is 5. The summed E-state index contributed by atoms with van der Waals surface area (Å²) in [5.41, 5.74) is 0.294. The Morgan fingerprint density at radius 3 is 2.56 bits per heavy atom. The van der Waals surface area contributed by atoms with Crippen molar-refractivity contribution in [3.05, 3.63) is 47.2 Å². The van der Waals surface area contributed by atoms with E-state index >= 15 is 0 Å². The van der Waals surface area contributed by atoms with E-state index in [1.54, 1.807) is 0 Å². The van der Waals surface area contributed by atoms with Crippen molar-refractivity contribution in [3.63, 3.8) is 0 Å². The Bertz CT molecular complexity index is 1090. The van der Waals surface area contributed by atoms with E-state index < -0.39 is 25.9 Å². The fourth-order valence-corrected chi connectivity index (χ4v) is 5.61. The molecule has 0 atom stereocenters. The fourth-order valence-electron chi connectivity index (χ4n) is 2.71. The lowest BCUT2D eigenvalue weighted by Crippen LogP contribution is -2.25. The summed E-state index contributed by atoms with van der Waals surface area (Å²) in [6.45, 7) is 0.266. The van der Waals surface area contributed by atoms with Gasteiger partial charge in [0.25, 0.3) is 10.0 Å². The van der Waals surface area contributed by atoms with E-state index in [1.165, 1.54) is 37.4 Å². The summed E-state index contributed by atoms with van der Waals surface area (Å²) in [4.78, 5) is -0.300. The third-order valence-electron chi connectivity index (χ3n) is 4.00. The topological polar surface area (TPSA) is 92.8 Å². The summed E-state index contributed by atoms with van der Waals surface area (Å²) in [6, 6.07) is 7.37. The van der Waals surface area contributed by atoms with Gasteiger partial charge >= 0.3 is 0 Å². The molecule has 7 nitrogen and oxygen atoms in total. The van der Waals surface area contributed by atoms with Gasteiger partial charge < -0.3 is 4.74 Å². The van der Waals surface area contributed by atoms with Crippen molar-refractivity contribution < 1.29 is 26.0 Å². The highest BCUT2D eigenvalue weighted by atomic mass is 35.5. The average molecular weight is 435 g/mol. The number of methoxy groups -OCH3 is 1. The van der Waals surface area contributed by atoms with Gasteiger partial charge in [0, 0.05) is 6.54 Å². The normalized spacial score (nSPS) is 16.3. The van der Waals surface area contributed by atoms with E-state index in [4.69, 9.17) is 16.3 Å². The molecule has 0 radical (unpaired) electrons. The number of nitrogens with zero attached hydrogens (tertiary/aromatic N) is 1. The van der Waals surface area contributed by atoms with E-state index in [0.717, 1.165) is 10.4 Å². The minimum absolute atomic E-state index is 0.00437. The number of halogens is 2. The molecule has 1 fully saturated rings. The number of nitrogens with one attached hydrogen (secondary N) is 1. The molecular weight excluding hydrogens is 419 g/mol. The van der Waals surface area contributed by atoms with Crippen molar-refractivity contribution in [2.24, 2.45) is 0 Å². The maximum absolute atomic E-state index is 13.8. The minimum Gasteiger partial charge on any atom is -0.494 e. The maximum atomic E-state index is 13.8. The number of ether oxygens (including phenoxy) is 1. The van der Waals surface area contributed by atoms with Gasteiger partial charge in [0.1, 0.15) is 0 Å². The molecule has 27 heavy (non-hydrogen) atoms. The van der Waals surface area contributed by atoms with E-state index in [0.29, 0.717) is 6.42 Å². The largest absolute Gasteiger partial charge is 0.494 e. The van der Waals surface area contributed by atoms with Crippen molar-refractivity contribution in [2.75, 3.05) is 28.4 Å². The van der Waals surface area contributed by atoms with E-state index in [1.807, 2.05) is 0 Å². The molecule has 1 aliphatic rings. The second kappa shape index (κ2) is 7.17. The summed E-state index contributed by atoms with van der Waals surface area (Å²) < 4.78 is 71.3.